The summed E-state index contributed by atoms with van der Waals surface area (Å²) >= 11 is 0. The summed E-state index contributed by atoms with van der Waals surface area (Å²) in [6, 6.07) is 2.68. The molecule has 1 aromatic heterocycles. The maximum atomic E-state index is 5.82. The van der Waals surface area contributed by atoms with Gasteiger partial charge in [-0.15, -0.1) is 0 Å². The Balaban J connectivity index is 1.95. The van der Waals surface area contributed by atoms with E-state index in [1.807, 2.05) is 6.07 Å². The lowest BCUT2D eigenvalue weighted by Gasteiger charge is -2.39. The van der Waals surface area contributed by atoms with Crippen LogP contribution in [0.2, 0.25) is 0 Å². The van der Waals surface area contributed by atoms with Crippen LogP contribution in [0, 0.1) is 17.8 Å². The van der Waals surface area contributed by atoms with E-state index in [4.69, 9.17) is 5.73 Å². The van der Waals surface area contributed by atoms with Crippen LogP contribution >= 0.6 is 0 Å². The molecule has 2 fully saturated rings. The lowest BCUT2D eigenvalue weighted by molar-refractivity contribution is 0.136. The highest BCUT2D eigenvalue weighted by Gasteiger charge is 2.50. The predicted molar refractivity (Wildman–Crippen MR) is 80.3 cm³/mol. The van der Waals surface area contributed by atoms with Gasteiger partial charge in [0.1, 0.15) is 5.82 Å². The second kappa shape index (κ2) is 3.87. The van der Waals surface area contributed by atoms with Gasteiger partial charge in [-0.2, -0.15) is 0 Å². The van der Waals surface area contributed by atoms with Gasteiger partial charge in [0, 0.05) is 12.6 Å². The van der Waals surface area contributed by atoms with Gasteiger partial charge in [0.05, 0.1) is 11.9 Å². The molecule has 0 radical (unpaired) electrons. The summed E-state index contributed by atoms with van der Waals surface area (Å²) in [5, 5.41) is 0. The second-order valence-electron chi connectivity index (χ2n) is 7.75. The van der Waals surface area contributed by atoms with Gasteiger partial charge in [0.15, 0.2) is 0 Å². The predicted octanol–water partition coefficient (Wildman–Crippen LogP) is 3.38. The molecule has 2 N–H and O–H groups in total. The molecule has 3 nitrogen and oxygen atoms in total. The molecular formula is C16H25N3. The molecular weight excluding hydrogens is 234 g/mol. The Bertz CT molecular complexity index is 509. The third-order valence-electron chi connectivity index (χ3n) is 4.76. The first-order valence-corrected chi connectivity index (χ1v) is 7.27. The van der Waals surface area contributed by atoms with Crippen molar-refractivity contribution in [3.63, 3.8) is 0 Å². The molecule has 0 spiro atoms. The summed E-state index contributed by atoms with van der Waals surface area (Å²) in [7, 11) is 0. The number of aryl methyl sites for hydroxylation is 1. The van der Waals surface area contributed by atoms with Crippen molar-refractivity contribution in [2.75, 3.05) is 17.2 Å². The SMILES string of the molecule is Cc1cc(N)cnc1N1CC2(C)CC1CC(C)(C)C2. The van der Waals surface area contributed by atoms with Gasteiger partial charge in [-0.05, 0) is 48.6 Å². The van der Waals surface area contributed by atoms with E-state index in [0.29, 0.717) is 16.9 Å². The van der Waals surface area contributed by atoms with E-state index in [1.54, 1.807) is 6.20 Å². The van der Waals surface area contributed by atoms with E-state index in [1.165, 1.54) is 24.8 Å². The van der Waals surface area contributed by atoms with Gasteiger partial charge in [0.25, 0.3) is 0 Å². The zero-order chi connectivity index (χ0) is 13.8. The fourth-order valence-corrected chi connectivity index (χ4v) is 4.60. The number of hydrogen-bond acceptors (Lipinski definition) is 3. The van der Waals surface area contributed by atoms with Gasteiger partial charge in [-0.3, -0.25) is 0 Å². The molecule has 3 rings (SSSR count). The number of fused-ring (bicyclic) bond motifs is 2. The van der Waals surface area contributed by atoms with Crippen LogP contribution in [-0.4, -0.2) is 17.6 Å². The van der Waals surface area contributed by atoms with E-state index >= 15 is 0 Å². The molecule has 2 atom stereocenters. The fourth-order valence-electron chi connectivity index (χ4n) is 4.60. The van der Waals surface area contributed by atoms with Crippen molar-refractivity contribution in [3.8, 4) is 0 Å². The molecule has 2 heterocycles. The highest BCUT2D eigenvalue weighted by atomic mass is 15.2. The molecule has 0 aromatic carbocycles. The van der Waals surface area contributed by atoms with Crippen LogP contribution in [0.4, 0.5) is 11.5 Å². The van der Waals surface area contributed by atoms with Crippen LogP contribution in [-0.2, 0) is 0 Å². The minimum absolute atomic E-state index is 0.446. The van der Waals surface area contributed by atoms with E-state index in [-0.39, 0.29) is 0 Å². The molecule has 2 bridgehead atoms. The summed E-state index contributed by atoms with van der Waals surface area (Å²) in [4.78, 5) is 7.13. The van der Waals surface area contributed by atoms with Crippen LogP contribution in [0.5, 0.6) is 0 Å². The zero-order valence-corrected chi connectivity index (χ0v) is 12.5. The van der Waals surface area contributed by atoms with Crippen LogP contribution in [0.25, 0.3) is 0 Å². The van der Waals surface area contributed by atoms with Gasteiger partial charge in [0.2, 0.25) is 0 Å². The van der Waals surface area contributed by atoms with Gasteiger partial charge in [-0.25, -0.2) is 4.98 Å². The first-order valence-electron chi connectivity index (χ1n) is 7.27. The average molecular weight is 259 g/mol. The van der Waals surface area contributed by atoms with E-state index < -0.39 is 0 Å². The van der Waals surface area contributed by atoms with E-state index in [9.17, 15) is 0 Å². The fraction of sp³-hybridized carbons (Fsp3) is 0.688. The van der Waals surface area contributed by atoms with Crippen LogP contribution in [0.3, 0.4) is 0 Å². The van der Waals surface area contributed by atoms with Crippen molar-refractivity contribution >= 4 is 11.5 Å². The first kappa shape index (κ1) is 12.8. The van der Waals surface area contributed by atoms with Crippen molar-refractivity contribution in [3.05, 3.63) is 17.8 Å². The topological polar surface area (TPSA) is 42.1 Å². The second-order valence-corrected chi connectivity index (χ2v) is 7.75. The molecule has 0 amide bonds. The normalized spacial score (nSPS) is 32.6. The first-order chi connectivity index (χ1) is 8.78. The Morgan fingerprint density at radius 3 is 2.74 bits per heavy atom. The summed E-state index contributed by atoms with van der Waals surface area (Å²) < 4.78 is 0. The molecule has 1 aliphatic carbocycles. The van der Waals surface area contributed by atoms with Gasteiger partial charge in [-0.1, -0.05) is 20.8 Å². The van der Waals surface area contributed by atoms with Gasteiger partial charge < -0.3 is 10.6 Å². The van der Waals surface area contributed by atoms with Crippen molar-refractivity contribution in [2.45, 2.75) is 53.0 Å². The number of rotatable bonds is 1. The van der Waals surface area contributed by atoms with Crippen molar-refractivity contribution < 1.29 is 0 Å². The summed E-state index contributed by atoms with van der Waals surface area (Å²) in [6.07, 6.45) is 5.69. The molecule has 1 aromatic rings. The number of nitrogen functional groups attached to an aromatic ring is 1. The number of hydrogen-bond donors (Lipinski definition) is 1. The molecule has 1 saturated heterocycles. The zero-order valence-electron chi connectivity index (χ0n) is 12.5. The Hall–Kier alpha value is -1.25. The third-order valence-corrected chi connectivity index (χ3v) is 4.76. The van der Waals surface area contributed by atoms with E-state index in [0.717, 1.165) is 18.1 Å². The third kappa shape index (κ3) is 2.19. The maximum absolute atomic E-state index is 5.82. The summed E-state index contributed by atoms with van der Waals surface area (Å²) in [6.45, 7) is 10.5. The van der Waals surface area contributed by atoms with Crippen LogP contribution in [0.15, 0.2) is 12.3 Å². The van der Waals surface area contributed by atoms with E-state index in [2.05, 4.69) is 37.6 Å². The van der Waals surface area contributed by atoms with Crippen molar-refractivity contribution in [2.24, 2.45) is 10.8 Å². The number of pyridine rings is 1. The van der Waals surface area contributed by atoms with Crippen LogP contribution in [0.1, 0.15) is 45.6 Å². The summed E-state index contributed by atoms with van der Waals surface area (Å²) in [5.41, 5.74) is 8.68. The van der Waals surface area contributed by atoms with Crippen molar-refractivity contribution in [1.82, 2.24) is 4.98 Å². The molecule has 1 aliphatic heterocycles. The highest BCUT2D eigenvalue weighted by Crippen LogP contribution is 2.53. The minimum Gasteiger partial charge on any atom is -0.397 e. The minimum atomic E-state index is 0.446. The van der Waals surface area contributed by atoms with Crippen LogP contribution < -0.4 is 10.6 Å². The average Bonchev–Trinajstić information content (AvgIpc) is 2.47. The molecule has 1 saturated carbocycles. The molecule has 104 valence electrons. The Labute approximate surface area is 116 Å². The Kier molecular flexibility index (Phi) is 2.60. The number of anilines is 2. The quantitative estimate of drug-likeness (QED) is 0.840. The number of nitrogens with two attached hydrogens (primary N) is 1. The smallest absolute Gasteiger partial charge is 0.131 e. The molecule has 19 heavy (non-hydrogen) atoms. The van der Waals surface area contributed by atoms with Crippen molar-refractivity contribution in [1.29, 1.82) is 0 Å². The lowest BCUT2D eigenvalue weighted by Crippen LogP contribution is -2.35. The maximum Gasteiger partial charge on any atom is 0.131 e. The monoisotopic (exact) mass is 259 g/mol. The number of nitrogens with zero attached hydrogens (tertiary/aromatic N) is 2. The Morgan fingerprint density at radius 2 is 2.05 bits per heavy atom. The summed E-state index contributed by atoms with van der Waals surface area (Å²) in [5.74, 6) is 1.14. The largest absolute Gasteiger partial charge is 0.397 e. The molecule has 2 aliphatic rings. The molecule has 2 unspecified atom stereocenters. The number of aromatic nitrogens is 1. The standard InChI is InChI=1S/C16H25N3/c1-11-5-12(17)8-18-14(11)19-10-16(4)7-13(19)6-15(2,3)9-16/h5,8,13H,6-7,9-10,17H2,1-4H3. The lowest BCUT2D eigenvalue weighted by atomic mass is 9.65. The molecule has 3 heteroatoms. The Morgan fingerprint density at radius 1 is 1.32 bits per heavy atom. The van der Waals surface area contributed by atoms with Gasteiger partial charge >= 0.3 is 0 Å². The highest BCUT2D eigenvalue weighted by molar-refractivity contribution is 5.54.